The predicted molar refractivity (Wildman–Crippen MR) is 83.0 cm³/mol. The first-order chi connectivity index (χ1) is 10.0. The minimum atomic E-state index is -0.386. The van der Waals surface area contributed by atoms with Gasteiger partial charge in [-0.1, -0.05) is 17.7 Å². The van der Waals surface area contributed by atoms with Crippen LogP contribution in [0.25, 0.3) is 0 Å². The minimum Gasteiger partial charge on any atom is -0.508 e. The maximum Gasteiger partial charge on any atom is 0.337 e. The van der Waals surface area contributed by atoms with E-state index in [0.29, 0.717) is 22.7 Å². The number of carbonyl (C=O) groups excluding carboxylic acids is 1. The second-order valence-electron chi connectivity index (χ2n) is 4.65. The quantitative estimate of drug-likeness (QED) is 0.845. The van der Waals surface area contributed by atoms with Gasteiger partial charge in [-0.25, -0.2) is 4.79 Å². The fraction of sp³-hybridized carbons (Fsp3) is 0.188. The summed E-state index contributed by atoms with van der Waals surface area (Å²) in [4.78, 5) is 11.5. The summed E-state index contributed by atoms with van der Waals surface area (Å²) >= 11 is 5.92. The Morgan fingerprint density at radius 2 is 2.05 bits per heavy atom. The summed E-state index contributed by atoms with van der Waals surface area (Å²) in [5, 5.41) is 13.5. The normalized spacial score (nSPS) is 10.2. The van der Waals surface area contributed by atoms with E-state index < -0.39 is 0 Å². The molecule has 0 atom stereocenters. The molecule has 0 fully saturated rings. The van der Waals surface area contributed by atoms with Crippen molar-refractivity contribution in [3.05, 3.63) is 58.1 Å². The number of esters is 1. The molecule has 0 spiro atoms. The highest BCUT2D eigenvalue weighted by Gasteiger charge is 2.09. The van der Waals surface area contributed by atoms with Crippen molar-refractivity contribution in [3.63, 3.8) is 0 Å². The van der Waals surface area contributed by atoms with Gasteiger partial charge in [-0.3, -0.25) is 0 Å². The Balaban J connectivity index is 2.19. The molecule has 0 amide bonds. The second-order valence-corrected chi connectivity index (χ2v) is 5.08. The van der Waals surface area contributed by atoms with E-state index in [9.17, 15) is 9.90 Å². The molecule has 0 radical (unpaired) electrons. The number of methoxy groups -OCH3 is 1. The third-order valence-corrected chi connectivity index (χ3v) is 3.40. The van der Waals surface area contributed by atoms with E-state index in [0.717, 1.165) is 11.3 Å². The number of aromatic hydroxyl groups is 1. The lowest BCUT2D eigenvalue weighted by atomic mass is 10.1. The van der Waals surface area contributed by atoms with Gasteiger partial charge in [0.05, 0.1) is 12.7 Å². The number of halogens is 1. The summed E-state index contributed by atoms with van der Waals surface area (Å²) in [5.41, 5.74) is 2.95. The van der Waals surface area contributed by atoms with Gasteiger partial charge in [0.25, 0.3) is 0 Å². The van der Waals surface area contributed by atoms with Gasteiger partial charge in [-0.15, -0.1) is 0 Å². The van der Waals surface area contributed by atoms with Crippen LogP contribution < -0.4 is 5.32 Å². The number of phenols is 1. The van der Waals surface area contributed by atoms with E-state index in [1.807, 2.05) is 13.0 Å². The minimum absolute atomic E-state index is 0.175. The Morgan fingerprint density at radius 3 is 2.76 bits per heavy atom. The van der Waals surface area contributed by atoms with Crippen molar-refractivity contribution in [3.8, 4) is 5.75 Å². The molecule has 0 bridgehead atoms. The van der Waals surface area contributed by atoms with Gasteiger partial charge in [0.15, 0.2) is 0 Å². The molecule has 0 aliphatic rings. The van der Waals surface area contributed by atoms with Crippen LogP contribution in [0.1, 0.15) is 21.5 Å². The number of phenolic OH excluding ortho intramolecular Hbond substituents is 1. The molecule has 2 aromatic carbocycles. The molecule has 2 N–H and O–H groups in total. The summed E-state index contributed by atoms with van der Waals surface area (Å²) in [7, 11) is 1.35. The fourth-order valence-corrected chi connectivity index (χ4v) is 2.14. The third kappa shape index (κ3) is 3.67. The molecule has 0 saturated heterocycles. The molecule has 21 heavy (non-hydrogen) atoms. The number of nitrogens with one attached hydrogen (secondary N) is 1. The average molecular weight is 306 g/mol. The zero-order valence-electron chi connectivity index (χ0n) is 11.8. The molecular weight excluding hydrogens is 290 g/mol. The standard InChI is InChI=1S/C16H16ClNO3/c1-10-3-4-11(16(20)21-2)8-14(10)18-9-12-7-13(17)5-6-15(12)19/h3-8,18-19H,9H2,1-2H3. The Hall–Kier alpha value is -2.20. The Kier molecular flexibility index (Phi) is 4.70. The van der Waals surface area contributed by atoms with E-state index in [2.05, 4.69) is 5.32 Å². The molecule has 0 aliphatic heterocycles. The highest BCUT2D eigenvalue weighted by atomic mass is 35.5. The van der Waals surface area contributed by atoms with Crippen molar-refractivity contribution in [2.45, 2.75) is 13.5 Å². The third-order valence-electron chi connectivity index (χ3n) is 3.17. The number of anilines is 1. The lowest BCUT2D eigenvalue weighted by molar-refractivity contribution is 0.0601. The van der Waals surface area contributed by atoms with Gasteiger partial charge in [0.1, 0.15) is 5.75 Å². The second kappa shape index (κ2) is 6.50. The van der Waals surface area contributed by atoms with Gasteiger partial charge < -0.3 is 15.2 Å². The van der Waals surface area contributed by atoms with E-state index in [-0.39, 0.29) is 11.7 Å². The van der Waals surface area contributed by atoms with Crippen molar-refractivity contribution in [2.24, 2.45) is 0 Å². The monoisotopic (exact) mass is 305 g/mol. The van der Waals surface area contributed by atoms with Crippen molar-refractivity contribution in [1.82, 2.24) is 0 Å². The van der Waals surface area contributed by atoms with Crippen LogP contribution in [-0.2, 0) is 11.3 Å². The number of ether oxygens (including phenoxy) is 1. The molecule has 0 unspecified atom stereocenters. The van der Waals surface area contributed by atoms with E-state index in [4.69, 9.17) is 16.3 Å². The summed E-state index contributed by atoms with van der Waals surface area (Å²) < 4.78 is 4.70. The number of aryl methyl sites for hydroxylation is 1. The van der Waals surface area contributed by atoms with Crippen LogP contribution >= 0.6 is 11.6 Å². The van der Waals surface area contributed by atoms with E-state index in [1.54, 1.807) is 30.3 Å². The summed E-state index contributed by atoms with van der Waals surface area (Å²) in [5.74, 6) is -0.211. The Labute approximate surface area is 128 Å². The largest absolute Gasteiger partial charge is 0.508 e. The molecule has 0 aromatic heterocycles. The first kappa shape index (κ1) is 15.2. The lowest BCUT2D eigenvalue weighted by Gasteiger charge is -2.12. The molecule has 0 heterocycles. The van der Waals surface area contributed by atoms with Gasteiger partial charge >= 0.3 is 5.97 Å². The molecule has 5 heteroatoms. The van der Waals surface area contributed by atoms with Crippen molar-refractivity contribution >= 4 is 23.3 Å². The fourth-order valence-electron chi connectivity index (χ4n) is 1.94. The Morgan fingerprint density at radius 1 is 1.29 bits per heavy atom. The van der Waals surface area contributed by atoms with Crippen LogP contribution in [0.2, 0.25) is 5.02 Å². The van der Waals surface area contributed by atoms with Gasteiger partial charge in [0, 0.05) is 22.8 Å². The maximum absolute atomic E-state index is 11.5. The highest BCUT2D eigenvalue weighted by molar-refractivity contribution is 6.30. The molecule has 0 aliphatic carbocycles. The van der Waals surface area contributed by atoms with Gasteiger partial charge in [-0.05, 0) is 42.8 Å². The van der Waals surface area contributed by atoms with Crippen LogP contribution in [-0.4, -0.2) is 18.2 Å². The van der Waals surface area contributed by atoms with Crippen LogP contribution in [0.3, 0.4) is 0 Å². The zero-order valence-corrected chi connectivity index (χ0v) is 12.6. The van der Waals surface area contributed by atoms with Crippen molar-refractivity contribution < 1.29 is 14.6 Å². The number of rotatable bonds is 4. The van der Waals surface area contributed by atoms with Crippen molar-refractivity contribution in [1.29, 1.82) is 0 Å². The summed E-state index contributed by atoms with van der Waals surface area (Å²) in [6.07, 6.45) is 0. The number of hydrogen-bond acceptors (Lipinski definition) is 4. The first-order valence-corrected chi connectivity index (χ1v) is 6.79. The molecule has 110 valence electrons. The van der Waals surface area contributed by atoms with Crippen LogP contribution in [0.5, 0.6) is 5.75 Å². The summed E-state index contributed by atoms with van der Waals surface area (Å²) in [6.45, 7) is 2.33. The van der Waals surface area contributed by atoms with Crippen molar-refractivity contribution in [2.75, 3.05) is 12.4 Å². The van der Waals surface area contributed by atoms with Gasteiger partial charge in [0.2, 0.25) is 0 Å². The SMILES string of the molecule is COC(=O)c1ccc(C)c(NCc2cc(Cl)ccc2O)c1. The molecule has 4 nitrogen and oxygen atoms in total. The van der Waals surface area contributed by atoms with Gasteiger partial charge in [-0.2, -0.15) is 0 Å². The van der Waals surface area contributed by atoms with E-state index in [1.165, 1.54) is 7.11 Å². The first-order valence-electron chi connectivity index (χ1n) is 6.41. The van der Waals surface area contributed by atoms with Crippen LogP contribution in [0, 0.1) is 6.92 Å². The number of carbonyl (C=O) groups is 1. The maximum atomic E-state index is 11.5. The number of hydrogen-bond donors (Lipinski definition) is 2. The van der Waals surface area contributed by atoms with E-state index >= 15 is 0 Å². The molecule has 2 aromatic rings. The van der Waals surface area contributed by atoms with Crippen LogP contribution in [0.15, 0.2) is 36.4 Å². The smallest absolute Gasteiger partial charge is 0.337 e. The number of benzene rings is 2. The average Bonchev–Trinajstić information content (AvgIpc) is 2.48. The van der Waals surface area contributed by atoms with Crippen LogP contribution in [0.4, 0.5) is 5.69 Å². The molecule has 2 rings (SSSR count). The molecule has 0 saturated carbocycles. The Bertz CT molecular complexity index is 671. The summed E-state index contributed by atoms with van der Waals surface area (Å²) in [6, 6.07) is 10.2. The zero-order chi connectivity index (χ0) is 15.4. The lowest BCUT2D eigenvalue weighted by Crippen LogP contribution is -2.05. The topological polar surface area (TPSA) is 58.6 Å². The highest BCUT2D eigenvalue weighted by Crippen LogP contribution is 2.24. The predicted octanol–water partition coefficient (Wildman–Crippen LogP) is 3.75. The molecular formula is C16H16ClNO3.